The number of ether oxygens (including phenoxy) is 1. The van der Waals surface area contributed by atoms with Crippen LogP contribution in [0.25, 0.3) is 6.08 Å². The van der Waals surface area contributed by atoms with Gasteiger partial charge in [-0.3, -0.25) is 19.4 Å². The number of likely N-dealkylation sites (tertiary alicyclic amines) is 1. The first-order valence-electron chi connectivity index (χ1n) is 11.3. The van der Waals surface area contributed by atoms with Gasteiger partial charge in [0.25, 0.3) is 5.56 Å². The van der Waals surface area contributed by atoms with Crippen LogP contribution in [0.15, 0.2) is 23.0 Å². The molecule has 4 heterocycles. The highest BCUT2D eigenvalue weighted by Gasteiger charge is 2.54. The Kier molecular flexibility index (Phi) is 6.91. The van der Waals surface area contributed by atoms with Crippen LogP contribution in [-0.4, -0.2) is 84.5 Å². The summed E-state index contributed by atoms with van der Waals surface area (Å²) in [7, 11) is 1.94. The van der Waals surface area contributed by atoms with Gasteiger partial charge >= 0.3 is 0 Å². The zero-order chi connectivity index (χ0) is 22.0. The molecule has 4 atom stereocenters. The lowest BCUT2D eigenvalue weighted by Gasteiger charge is -2.28. The molecule has 1 aromatic rings. The van der Waals surface area contributed by atoms with Gasteiger partial charge in [-0.05, 0) is 39.1 Å². The van der Waals surface area contributed by atoms with Crippen molar-refractivity contribution in [2.45, 2.75) is 32.0 Å². The summed E-state index contributed by atoms with van der Waals surface area (Å²) >= 11 is 0. The number of rotatable bonds is 7. The van der Waals surface area contributed by atoms with Crippen LogP contribution in [0.5, 0.6) is 0 Å². The maximum Gasteiger partial charge on any atom is 0.258 e. The number of fused-ring (bicyclic) bond motifs is 3. The van der Waals surface area contributed by atoms with Crippen molar-refractivity contribution in [1.82, 2.24) is 19.7 Å². The van der Waals surface area contributed by atoms with Gasteiger partial charge in [0.1, 0.15) is 0 Å². The van der Waals surface area contributed by atoms with E-state index in [4.69, 9.17) is 4.74 Å². The zero-order valence-electron chi connectivity index (χ0n) is 18.5. The fourth-order valence-electron chi connectivity index (χ4n) is 5.54. The summed E-state index contributed by atoms with van der Waals surface area (Å²) in [4.78, 5) is 30.3. The molecule has 8 heteroatoms. The molecule has 0 spiro atoms. The number of hydrogen-bond donors (Lipinski definition) is 2. The van der Waals surface area contributed by atoms with Gasteiger partial charge in [-0.25, -0.2) is 0 Å². The van der Waals surface area contributed by atoms with Gasteiger partial charge < -0.3 is 19.7 Å². The van der Waals surface area contributed by atoms with Crippen molar-refractivity contribution in [2.24, 2.45) is 11.8 Å². The Bertz CT molecular complexity index is 877. The minimum atomic E-state index is -0.387. The van der Waals surface area contributed by atoms with Gasteiger partial charge in [-0.15, -0.1) is 0 Å². The Hall–Kier alpha value is -2.00. The minimum absolute atomic E-state index is 0.000737. The van der Waals surface area contributed by atoms with E-state index in [2.05, 4.69) is 15.1 Å². The van der Waals surface area contributed by atoms with Crippen LogP contribution < -0.4 is 10.9 Å². The van der Waals surface area contributed by atoms with Crippen LogP contribution in [0.1, 0.15) is 30.6 Å². The molecule has 3 aliphatic rings. The van der Waals surface area contributed by atoms with Crippen molar-refractivity contribution in [3.8, 4) is 0 Å². The van der Waals surface area contributed by atoms with Crippen molar-refractivity contribution in [3.05, 3.63) is 39.8 Å². The number of carbonyl (C=O) groups excluding carboxylic acids is 1. The van der Waals surface area contributed by atoms with Gasteiger partial charge in [0.15, 0.2) is 0 Å². The van der Waals surface area contributed by atoms with Crippen LogP contribution in [0.2, 0.25) is 0 Å². The number of allylic oxidation sites excluding steroid dienone is 1. The lowest BCUT2D eigenvalue weighted by Crippen LogP contribution is -2.47. The Labute approximate surface area is 183 Å². The first kappa shape index (κ1) is 22.2. The smallest absolute Gasteiger partial charge is 0.258 e. The average molecular weight is 431 g/mol. The lowest BCUT2D eigenvalue weighted by molar-refractivity contribution is -0.127. The second kappa shape index (κ2) is 9.65. The molecule has 0 aromatic carbocycles. The van der Waals surface area contributed by atoms with Crippen molar-refractivity contribution < 1.29 is 14.6 Å². The molecule has 2 saturated heterocycles. The zero-order valence-corrected chi connectivity index (χ0v) is 18.5. The number of amides is 1. The van der Waals surface area contributed by atoms with Crippen molar-refractivity contribution in [1.29, 1.82) is 0 Å². The highest BCUT2D eigenvalue weighted by Crippen LogP contribution is 2.48. The second-order valence-corrected chi connectivity index (χ2v) is 8.79. The van der Waals surface area contributed by atoms with Crippen LogP contribution in [-0.2, 0) is 16.1 Å². The third-order valence-electron chi connectivity index (χ3n) is 7.05. The maximum atomic E-state index is 13.1. The molecular weight excluding hydrogens is 396 g/mol. The number of aromatic nitrogens is 1. The fourth-order valence-corrected chi connectivity index (χ4v) is 5.54. The summed E-state index contributed by atoms with van der Waals surface area (Å²) in [6, 6.07) is 3.43. The van der Waals surface area contributed by atoms with Crippen LogP contribution >= 0.6 is 0 Å². The number of hydrogen-bond acceptors (Lipinski definition) is 6. The number of nitrogens with one attached hydrogen (secondary N) is 1. The van der Waals surface area contributed by atoms with Crippen LogP contribution in [0.4, 0.5) is 0 Å². The molecule has 0 unspecified atom stereocenters. The number of carbonyl (C=O) groups is 1. The minimum Gasteiger partial charge on any atom is -0.396 e. The molecule has 4 rings (SSSR count). The van der Waals surface area contributed by atoms with E-state index in [1.54, 1.807) is 0 Å². The molecular formula is C23H34N4O4. The van der Waals surface area contributed by atoms with E-state index >= 15 is 0 Å². The molecule has 0 aliphatic carbocycles. The highest BCUT2D eigenvalue weighted by atomic mass is 16.5. The highest BCUT2D eigenvalue weighted by molar-refractivity contribution is 5.82. The summed E-state index contributed by atoms with van der Waals surface area (Å²) in [5.41, 5.74) is 1.61. The number of nitrogens with zero attached hydrogens (tertiary/aromatic N) is 3. The van der Waals surface area contributed by atoms with E-state index in [9.17, 15) is 14.7 Å². The van der Waals surface area contributed by atoms with Crippen LogP contribution in [0.3, 0.4) is 0 Å². The van der Waals surface area contributed by atoms with E-state index in [1.165, 1.54) is 0 Å². The van der Waals surface area contributed by atoms with Gasteiger partial charge in [0.2, 0.25) is 5.91 Å². The quantitative estimate of drug-likeness (QED) is 0.606. The molecule has 2 N–H and O–H groups in total. The second-order valence-electron chi connectivity index (χ2n) is 8.79. The van der Waals surface area contributed by atoms with Gasteiger partial charge in [-0.1, -0.05) is 12.2 Å². The molecule has 0 bridgehead atoms. The predicted octanol–water partition coefficient (Wildman–Crippen LogP) is 0.313. The van der Waals surface area contributed by atoms with Crippen molar-refractivity contribution in [2.75, 3.05) is 53.0 Å². The first-order valence-corrected chi connectivity index (χ1v) is 11.3. The van der Waals surface area contributed by atoms with E-state index in [0.717, 1.165) is 45.0 Å². The fraction of sp³-hybridized carbons (Fsp3) is 0.652. The standard InChI is InChI=1S/C23H34N4O4/c1-3-5-16-6-7-19-20-17(14-27(19)23(16)30)18(15-28)21(25(20)2)22(29)24-8-4-9-26-10-12-31-13-11-26/h3,5-7,17-18,20-21,28H,4,8-15H2,1-2H3,(H,24,29)/b5-3+/t17-,18-,20+,21-/m1/s1. The first-order chi connectivity index (χ1) is 15.1. The third kappa shape index (κ3) is 4.22. The Morgan fingerprint density at radius 3 is 2.81 bits per heavy atom. The lowest BCUT2D eigenvalue weighted by atomic mass is 9.88. The van der Waals surface area contributed by atoms with Crippen LogP contribution in [0, 0.1) is 11.8 Å². The molecule has 2 fully saturated rings. The summed E-state index contributed by atoms with van der Waals surface area (Å²) < 4.78 is 7.19. The predicted molar refractivity (Wildman–Crippen MR) is 119 cm³/mol. The van der Waals surface area contributed by atoms with E-state index < -0.39 is 0 Å². The Balaban J connectivity index is 1.42. The Morgan fingerprint density at radius 1 is 1.32 bits per heavy atom. The number of aliphatic hydroxyl groups is 1. The van der Waals surface area contributed by atoms with Gasteiger partial charge in [0, 0.05) is 55.9 Å². The van der Waals surface area contributed by atoms with E-state index in [0.29, 0.717) is 18.7 Å². The molecule has 170 valence electrons. The molecule has 3 aliphatic heterocycles. The summed E-state index contributed by atoms with van der Waals surface area (Å²) in [5, 5.41) is 13.2. The monoisotopic (exact) mass is 430 g/mol. The average Bonchev–Trinajstić information content (AvgIpc) is 3.29. The molecule has 31 heavy (non-hydrogen) atoms. The summed E-state index contributed by atoms with van der Waals surface area (Å²) in [5.74, 6) is -0.177. The number of morpholine rings is 1. The van der Waals surface area contributed by atoms with Gasteiger partial charge in [0.05, 0.1) is 25.3 Å². The van der Waals surface area contributed by atoms with Crippen molar-refractivity contribution in [3.63, 3.8) is 0 Å². The Morgan fingerprint density at radius 2 is 2.10 bits per heavy atom. The van der Waals surface area contributed by atoms with Gasteiger partial charge in [-0.2, -0.15) is 0 Å². The number of pyridine rings is 1. The molecule has 8 nitrogen and oxygen atoms in total. The summed E-state index contributed by atoms with van der Waals surface area (Å²) in [6.45, 7) is 7.39. The number of aliphatic hydroxyl groups excluding tert-OH is 1. The summed E-state index contributed by atoms with van der Waals surface area (Å²) in [6.07, 6.45) is 4.58. The molecule has 0 radical (unpaired) electrons. The topological polar surface area (TPSA) is 87.0 Å². The number of likely N-dealkylation sites (N-methyl/N-ethyl adjacent to an activating group) is 1. The maximum absolute atomic E-state index is 13.1. The SMILES string of the molecule is C/C=C/c1ccc2n(c1=O)C[C@@H]1[C@@H](CO)[C@H](C(=O)NCCCN3CCOCC3)N(C)[C@H]21. The largest absolute Gasteiger partial charge is 0.396 e. The normalized spacial score (nSPS) is 28.7. The molecule has 0 saturated carbocycles. The third-order valence-corrected chi connectivity index (χ3v) is 7.05. The van der Waals surface area contributed by atoms with E-state index in [-0.39, 0.29) is 42.0 Å². The van der Waals surface area contributed by atoms with Crippen molar-refractivity contribution >= 4 is 12.0 Å². The molecule has 1 amide bonds. The molecule has 1 aromatic heterocycles. The van der Waals surface area contributed by atoms with E-state index in [1.807, 2.05) is 42.8 Å².